The molecule has 3 heterocycles. The molecular weight excluding hydrogens is 499 g/mol. The number of pyridine rings is 1. The highest BCUT2D eigenvalue weighted by Gasteiger charge is 2.68. The largest absolute Gasteiger partial charge is 0.477 e. The lowest BCUT2D eigenvalue weighted by Gasteiger charge is -2.64. The van der Waals surface area contributed by atoms with Crippen LogP contribution in [0.2, 0.25) is 0 Å². The number of fused-ring (bicyclic) bond motifs is 2. The third-order valence-corrected chi connectivity index (χ3v) is 11.0. The van der Waals surface area contributed by atoms with E-state index in [1.54, 1.807) is 30.7 Å². The third-order valence-electron chi connectivity index (χ3n) is 9.49. The smallest absolute Gasteiger partial charge is 0.464 e. The molecule has 3 saturated carbocycles. The summed E-state index contributed by atoms with van der Waals surface area (Å²) in [6.07, 6.45) is 5.67. The van der Waals surface area contributed by atoms with Crippen LogP contribution in [0.3, 0.4) is 0 Å². The van der Waals surface area contributed by atoms with Crippen LogP contribution in [0.1, 0.15) is 39.2 Å². The molecule has 2 aromatic heterocycles. The van der Waals surface area contributed by atoms with Gasteiger partial charge in [0.15, 0.2) is 0 Å². The maximum absolute atomic E-state index is 13.9. The first-order valence-corrected chi connectivity index (χ1v) is 14.8. The Bertz CT molecular complexity index is 1650. The lowest BCUT2D eigenvalue weighted by atomic mass is 9.43. The predicted molar refractivity (Wildman–Crippen MR) is 146 cm³/mol. The van der Waals surface area contributed by atoms with Gasteiger partial charge >= 0.3 is 7.12 Å². The number of benzene rings is 2. The number of rotatable bonds is 6. The molecule has 4 aromatic rings. The average molecular weight is 530 g/mol. The molecule has 196 valence electrons. The summed E-state index contributed by atoms with van der Waals surface area (Å²) < 4.78 is 49.8. The Kier molecular flexibility index (Phi) is 5.37. The zero-order valence-electron chi connectivity index (χ0n) is 21.8. The second-order valence-corrected chi connectivity index (χ2v) is 13.5. The molecule has 1 aliphatic heterocycles. The Balaban J connectivity index is 1.26. The number of hydrogen-bond acceptors (Lipinski definition) is 6. The standard InChI is InChI=1S/C29H31BN2O5S/c1-28(2)20-15-24(28)29(3)25(16-20)36-30(37-29)26(14-19-17-35-22-11-5-4-10-21(19)22)32-38(33,34)23-12-6-8-18-9-7-13-31-27(18)23/h4-13,17,20,24-26,32H,14-16H2,1-3H3/t20-,24-,25+,26?,29-/m0/s1. The number of aromatic nitrogens is 1. The van der Waals surface area contributed by atoms with Crippen LogP contribution in [-0.2, 0) is 25.8 Å². The lowest BCUT2D eigenvalue weighted by Crippen LogP contribution is -2.65. The molecule has 1 N–H and O–H groups in total. The van der Waals surface area contributed by atoms with Gasteiger partial charge in [0.25, 0.3) is 0 Å². The number of furan rings is 1. The number of nitrogens with zero attached hydrogens (tertiary/aromatic N) is 1. The van der Waals surface area contributed by atoms with Crippen molar-refractivity contribution in [3.8, 4) is 0 Å². The summed E-state index contributed by atoms with van der Waals surface area (Å²) >= 11 is 0. The topological polar surface area (TPSA) is 90.7 Å². The van der Waals surface area contributed by atoms with Gasteiger partial charge in [-0.3, -0.25) is 4.98 Å². The third kappa shape index (κ3) is 3.59. The Morgan fingerprint density at radius 2 is 1.89 bits per heavy atom. The number of hydrogen-bond donors (Lipinski definition) is 1. The molecule has 5 atom stereocenters. The van der Waals surface area contributed by atoms with Gasteiger partial charge in [-0.05, 0) is 67.2 Å². The molecule has 1 unspecified atom stereocenters. The van der Waals surface area contributed by atoms with Gasteiger partial charge in [0.05, 0.1) is 29.4 Å². The van der Waals surface area contributed by atoms with Gasteiger partial charge in [0, 0.05) is 17.0 Å². The van der Waals surface area contributed by atoms with E-state index < -0.39 is 28.7 Å². The van der Waals surface area contributed by atoms with Crippen molar-refractivity contribution in [1.82, 2.24) is 9.71 Å². The molecule has 3 aliphatic carbocycles. The molecule has 2 bridgehead atoms. The number of para-hydroxylation sites is 2. The van der Waals surface area contributed by atoms with Crippen molar-refractivity contribution >= 4 is 39.0 Å². The average Bonchev–Trinajstić information content (AvgIpc) is 3.48. The molecule has 38 heavy (non-hydrogen) atoms. The summed E-state index contributed by atoms with van der Waals surface area (Å²) in [5, 5.41) is 1.72. The first kappa shape index (κ1) is 24.3. The fourth-order valence-electron chi connectivity index (χ4n) is 7.25. The van der Waals surface area contributed by atoms with Gasteiger partial charge in [-0.25, -0.2) is 13.1 Å². The molecule has 7 nitrogen and oxygen atoms in total. The molecule has 1 saturated heterocycles. The van der Waals surface area contributed by atoms with Crippen LogP contribution in [0.15, 0.2) is 76.4 Å². The summed E-state index contributed by atoms with van der Waals surface area (Å²) in [5.74, 6) is 0.309. The van der Waals surface area contributed by atoms with Crippen molar-refractivity contribution in [2.45, 2.75) is 62.6 Å². The van der Waals surface area contributed by atoms with E-state index in [1.807, 2.05) is 36.4 Å². The van der Waals surface area contributed by atoms with Gasteiger partial charge in [-0.1, -0.05) is 50.2 Å². The normalized spacial score (nSPS) is 28.8. The molecule has 8 rings (SSSR count). The number of nitrogens with one attached hydrogen (secondary N) is 1. The maximum atomic E-state index is 13.9. The highest BCUT2D eigenvalue weighted by atomic mass is 32.2. The summed E-state index contributed by atoms with van der Waals surface area (Å²) in [6, 6.07) is 16.6. The van der Waals surface area contributed by atoms with Crippen molar-refractivity contribution in [3.05, 3.63) is 72.6 Å². The Hall–Kier alpha value is -2.72. The second-order valence-electron chi connectivity index (χ2n) is 11.9. The summed E-state index contributed by atoms with van der Waals surface area (Å²) in [4.78, 5) is 4.51. The minimum atomic E-state index is -3.96. The Morgan fingerprint density at radius 1 is 1.08 bits per heavy atom. The van der Waals surface area contributed by atoms with Crippen LogP contribution in [0.5, 0.6) is 0 Å². The highest BCUT2D eigenvalue weighted by molar-refractivity contribution is 7.89. The van der Waals surface area contributed by atoms with Crippen LogP contribution in [0.4, 0.5) is 0 Å². The first-order chi connectivity index (χ1) is 18.2. The Morgan fingerprint density at radius 3 is 2.74 bits per heavy atom. The van der Waals surface area contributed by atoms with Crippen LogP contribution in [-0.4, -0.2) is 38.2 Å². The second kappa shape index (κ2) is 8.39. The van der Waals surface area contributed by atoms with Crippen LogP contribution in [0.25, 0.3) is 21.9 Å². The zero-order valence-corrected chi connectivity index (χ0v) is 22.6. The van der Waals surface area contributed by atoms with Crippen LogP contribution in [0, 0.1) is 17.3 Å². The van der Waals surface area contributed by atoms with E-state index in [1.165, 1.54) is 0 Å². The van der Waals surface area contributed by atoms with E-state index in [2.05, 4.69) is 30.5 Å². The molecular formula is C29H31BN2O5S. The first-order valence-electron chi connectivity index (χ1n) is 13.3. The van der Waals surface area contributed by atoms with E-state index in [0.29, 0.717) is 23.8 Å². The van der Waals surface area contributed by atoms with E-state index in [9.17, 15) is 8.42 Å². The minimum absolute atomic E-state index is 0.0587. The summed E-state index contributed by atoms with van der Waals surface area (Å²) in [5.41, 5.74) is 1.84. The monoisotopic (exact) mass is 530 g/mol. The summed E-state index contributed by atoms with van der Waals surface area (Å²) in [6.45, 7) is 6.78. The molecule has 0 radical (unpaired) electrons. The fourth-order valence-corrected chi connectivity index (χ4v) is 8.65. The van der Waals surface area contributed by atoms with Crippen molar-refractivity contribution in [2.24, 2.45) is 17.3 Å². The van der Waals surface area contributed by atoms with E-state index >= 15 is 0 Å². The van der Waals surface area contributed by atoms with Crippen molar-refractivity contribution < 1.29 is 22.1 Å². The van der Waals surface area contributed by atoms with E-state index in [4.69, 9.17) is 13.7 Å². The molecule has 0 amide bonds. The van der Waals surface area contributed by atoms with Gasteiger partial charge in [-0.2, -0.15) is 0 Å². The fraction of sp³-hybridized carbons (Fsp3) is 0.414. The van der Waals surface area contributed by atoms with Crippen LogP contribution >= 0.6 is 0 Å². The summed E-state index contributed by atoms with van der Waals surface area (Å²) in [7, 11) is -4.69. The maximum Gasteiger partial charge on any atom is 0.477 e. The minimum Gasteiger partial charge on any atom is -0.464 e. The zero-order chi connectivity index (χ0) is 26.3. The molecule has 9 heteroatoms. The van der Waals surface area contributed by atoms with Gasteiger partial charge in [-0.15, -0.1) is 0 Å². The predicted octanol–water partition coefficient (Wildman–Crippen LogP) is 5.14. The van der Waals surface area contributed by atoms with E-state index in [-0.39, 0.29) is 16.4 Å². The Labute approximate surface area is 223 Å². The van der Waals surface area contributed by atoms with Crippen molar-refractivity contribution in [3.63, 3.8) is 0 Å². The molecule has 4 fully saturated rings. The number of sulfonamides is 1. The van der Waals surface area contributed by atoms with Crippen molar-refractivity contribution in [1.29, 1.82) is 0 Å². The van der Waals surface area contributed by atoms with Crippen LogP contribution < -0.4 is 4.72 Å². The van der Waals surface area contributed by atoms with Crippen molar-refractivity contribution in [2.75, 3.05) is 0 Å². The van der Waals surface area contributed by atoms with E-state index in [0.717, 1.165) is 34.8 Å². The molecule has 0 spiro atoms. The van der Waals surface area contributed by atoms with Gasteiger partial charge < -0.3 is 13.7 Å². The molecule has 2 aromatic carbocycles. The van der Waals surface area contributed by atoms with Gasteiger partial charge in [0.2, 0.25) is 10.0 Å². The SMILES string of the molecule is CC1(C)[C@@H]2C[C@H]3OB(C(Cc4coc5ccccc45)NS(=O)(=O)c4cccc5cccnc45)O[C@@]3(C)[C@H]1C2. The highest BCUT2D eigenvalue weighted by Crippen LogP contribution is 2.65. The van der Waals surface area contributed by atoms with Gasteiger partial charge in [0.1, 0.15) is 10.5 Å². The molecule has 4 aliphatic rings. The lowest BCUT2D eigenvalue weighted by molar-refractivity contribution is -0.199. The quantitative estimate of drug-likeness (QED) is 0.348.